The third-order valence-electron chi connectivity index (χ3n) is 6.92. The molecule has 8 heteroatoms. The third-order valence-corrected chi connectivity index (χ3v) is 8.32. The van der Waals surface area contributed by atoms with Crippen LogP contribution in [-0.2, 0) is 19.6 Å². The minimum absolute atomic E-state index is 0.0259. The first-order valence-corrected chi connectivity index (χ1v) is 11.2. The number of nitrogens with zero attached hydrogens (tertiary/aromatic N) is 1. The number of piperidine rings is 1. The lowest BCUT2D eigenvalue weighted by Crippen LogP contribution is -2.59. The first-order valence-electron chi connectivity index (χ1n) is 9.74. The van der Waals surface area contributed by atoms with Crippen molar-refractivity contribution in [3.05, 3.63) is 54.3 Å². The molecule has 2 amide bonds. The molecule has 2 fully saturated rings. The molecule has 4 rings (SSSR count). The monoisotopic (exact) mass is 430 g/mol. The molecule has 2 atom stereocenters. The quantitative estimate of drug-likeness (QED) is 0.745. The second-order valence-electron chi connectivity index (χ2n) is 8.73. The summed E-state index contributed by atoms with van der Waals surface area (Å²) in [6.45, 7) is 5.84. The van der Waals surface area contributed by atoms with Crippen LogP contribution < -0.4 is 9.62 Å². The SMILES string of the molecule is CC1(C)[C@H]2CC[C@]1(C)C(=O)N(c1ccc(S(=O)(=O)Nc3ccc(F)cc3)cc1)C2=O. The van der Waals surface area contributed by atoms with E-state index in [1.54, 1.807) is 0 Å². The van der Waals surface area contributed by atoms with Gasteiger partial charge in [-0.1, -0.05) is 20.8 Å². The van der Waals surface area contributed by atoms with Gasteiger partial charge in [0.05, 0.1) is 16.0 Å². The first kappa shape index (κ1) is 20.5. The molecule has 2 aliphatic rings. The van der Waals surface area contributed by atoms with Crippen LogP contribution in [0.25, 0.3) is 0 Å². The number of fused-ring (bicyclic) bond motifs is 2. The molecule has 1 aliphatic heterocycles. The Morgan fingerprint density at radius 3 is 2.20 bits per heavy atom. The van der Waals surface area contributed by atoms with E-state index in [4.69, 9.17) is 0 Å². The lowest BCUT2D eigenvalue weighted by atomic mass is 9.62. The number of rotatable bonds is 4. The summed E-state index contributed by atoms with van der Waals surface area (Å²) in [4.78, 5) is 27.4. The Hall–Kier alpha value is -2.74. The van der Waals surface area contributed by atoms with Gasteiger partial charge >= 0.3 is 0 Å². The maximum absolute atomic E-state index is 13.2. The molecule has 2 aromatic rings. The summed E-state index contributed by atoms with van der Waals surface area (Å²) in [6.07, 6.45) is 1.32. The van der Waals surface area contributed by atoms with Gasteiger partial charge in [-0.05, 0) is 66.8 Å². The van der Waals surface area contributed by atoms with Crippen LogP contribution in [0.5, 0.6) is 0 Å². The molecule has 2 aromatic carbocycles. The van der Waals surface area contributed by atoms with Gasteiger partial charge in [0.2, 0.25) is 11.8 Å². The van der Waals surface area contributed by atoms with Gasteiger partial charge in [0.15, 0.2) is 0 Å². The number of carbonyl (C=O) groups excluding carboxylic acids is 2. The predicted molar refractivity (Wildman–Crippen MR) is 111 cm³/mol. The summed E-state index contributed by atoms with van der Waals surface area (Å²) < 4.78 is 40.6. The van der Waals surface area contributed by atoms with Crippen LogP contribution >= 0.6 is 0 Å². The molecule has 1 saturated carbocycles. The average Bonchev–Trinajstić information content (AvgIpc) is 2.87. The van der Waals surface area contributed by atoms with Gasteiger partial charge in [0.25, 0.3) is 10.0 Å². The fraction of sp³-hybridized carbons (Fsp3) is 0.364. The topological polar surface area (TPSA) is 83.6 Å². The highest BCUT2D eigenvalue weighted by Gasteiger charge is 2.64. The summed E-state index contributed by atoms with van der Waals surface area (Å²) in [7, 11) is -3.90. The largest absolute Gasteiger partial charge is 0.280 e. The van der Waals surface area contributed by atoms with E-state index < -0.39 is 26.7 Å². The van der Waals surface area contributed by atoms with Crippen molar-refractivity contribution in [3.8, 4) is 0 Å². The highest BCUT2D eigenvalue weighted by atomic mass is 32.2. The predicted octanol–water partition coefficient (Wildman–Crippen LogP) is 3.94. The smallest absolute Gasteiger partial charge is 0.261 e. The van der Waals surface area contributed by atoms with Gasteiger partial charge in [0, 0.05) is 11.6 Å². The van der Waals surface area contributed by atoms with Crippen molar-refractivity contribution in [3.63, 3.8) is 0 Å². The summed E-state index contributed by atoms with van der Waals surface area (Å²) >= 11 is 0. The maximum Gasteiger partial charge on any atom is 0.261 e. The Bertz CT molecular complexity index is 1130. The first-order chi connectivity index (χ1) is 14.0. The van der Waals surface area contributed by atoms with E-state index in [9.17, 15) is 22.4 Å². The van der Waals surface area contributed by atoms with E-state index in [0.29, 0.717) is 18.5 Å². The van der Waals surface area contributed by atoms with Crippen molar-refractivity contribution < 1.29 is 22.4 Å². The fourth-order valence-electron chi connectivity index (χ4n) is 4.57. The number of anilines is 2. The number of halogens is 1. The summed E-state index contributed by atoms with van der Waals surface area (Å²) in [5.74, 6) is -1.20. The van der Waals surface area contributed by atoms with E-state index in [0.717, 1.165) is 12.1 Å². The zero-order valence-electron chi connectivity index (χ0n) is 17.0. The van der Waals surface area contributed by atoms with Crippen LogP contribution in [0, 0.1) is 22.6 Å². The van der Waals surface area contributed by atoms with Gasteiger partial charge in [-0.2, -0.15) is 0 Å². The van der Waals surface area contributed by atoms with Crippen molar-refractivity contribution in [2.45, 2.75) is 38.5 Å². The molecule has 1 aliphatic carbocycles. The standard InChI is InChI=1S/C22H23FN2O4S/c1-21(2)18-12-13-22(21,3)20(27)25(19(18)26)16-8-10-17(11-9-16)30(28,29)24-15-6-4-14(23)5-7-15/h4-11,18,24H,12-13H2,1-3H3/t18-,22+/m0/s1. The molecular formula is C22H23FN2O4S. The number of nitrogens with one attached hydrogen (secondary N) is 1. The Kier molecular flexibility index (Phi) is 4.54. The molecule has 2 bridgehead atoms. The summed E-state index contributed by atoms with van der Waals surface area (Å²) in [6, 6.07) is 10.6. The van der Waals surface area contributed by atoms with Gasteiger partial charge < -0.3 is 0 Å². The highest BCUT2D eigenvalue weighted by Crippen LogP contribution is 2.60. The second-order valence-corrected chi connectivity index (χ2v) is 10.4. The number of imide groups is 1. The number of sulfonamides is 1. The number of hydrogen-bond donors (Lipinski definition) is 1. The van der Waals surface area contributed by atoms with Crippen molar-refractivity contribution in [1.29, 1.82) is 0 Å². The zero-order chi connectivity index (χ0) is 21.9. The van der Waals surface area contributed by atoms with E-state index >= 15 is 0 Å². The highest BCUT2D eigenvalue weighted by molar-refractivity contribution is 7.92. The van der Waals surface area contributed by atoms with Crippen LogP contribution in [0.3, 0.4) is 0 Å². The van der Waals surface area contributed by atoms with E-state index in [2.05, 4.69) is 4.72 Å². The Balaban J connectivity index is 1.62. The fourth-order valence-corrected chi connectivity index (χ4v) is 5.63. The normalized spacial score (nSPS) is 25.5. The van der Waals surface area contributed by atoms with Crippen LogP contribution in [0.4, 0.5) is 15.8 Å². The number of amides is 2. The molecule has 1 heterocycles. The number of benzene rings is 2. The van der Waals surface area contributed by atoms with E-state index in [-0.39, 0.29) is 28.3 Å². The minimum Gasteiger partial charge on any atom is -0.280 e. The average molecular weight is 431 g/mol. The molecule has 1 N–H and O–H groups in total. The van der Waals surface area contributed by atoms with E-state index in [1.807, 2.05) is 20.8 Å². The van der Waals surface area contributed by atoms with E-state index in [1.165, 1.54) is 41.3 Å². The van der Waals surface area contributed by atoms with Gasteiger partial charge in [-0.3, -0.25) is 14.3 Å². The Labute approximate surface area is 175 Å². The molecule has 158 valence electrons. The van der Waals surface area contributed by atoms with Crippen molar-refractivity contribution >= 4 is 33.2 Å². The van der Waals surface area contributed by atoms with Crippen molar-refractivity contribution in [1.82, 2.24) is 0 Å². The van der Waals surface area contributed by atoms with Gasteiger partial charge in [-0.25, -0.2) is 17.7 Å². The number of carbonyl (C=O) groups is 2. The van der Waals surface area contributed by atoms with Crippen molar-refractivity contribution in [2.75, 3.05) is 9.62 Å². The minimum atomic E-state index is -3.90. The zero-order valence-corrected chi connectivity index (χ0v) is 17.8. The number of hydrogen-bond acceptors (Lipinski definition) is 4. The second kappa shape index (κ2) is 6.63. The van der Waals surface area contributed by atoms with Crippen LogP contribution in [-0.4, -0.2) is 20.2 Å². The summed E-state index contributed by atoms with van der Waals surface area (Å²) in [5, 5.41) is 0. The van der Waals surface area contributed by atoms with Gasteiger partial charge in [-0.15, -0.1) is 0 Å². The van der Waals surface area contributed by atoms with Crippen LogP contribution in [0.15, 0.2) is 53.4 Å². The molecule has 0 aromatic heterocycles. The van der Waals surface area contributed by atoms with Crippen LogP contribution in [0.1, 0.15) is 33.6 Å². The molecule has 30 heavy (non-hydrogen) atoms. The van der Waals surface area contributed by atoms with Gasteiger partial charge in [0.1, 0.15) is 5.82 Å². The molecule has 1 saturated heterocycles. The molecular weight excluding hydrogens is 407 g/mol. The lowest BCUT2D eigenvalue weighted by Gasteiger charge is -2.47. The summed E-state index contributed by atoms with van der Waals surface area (Å²) in [5.41, 5.74) is -0.464. The molecule has 0 unspecified atom stereocenters. The lowest BCUT2D eigenvalue weighted by molar-refractivity contribution is -0.146. The van der Waals surface area contributed by atoms with Crippen molar-refractivity contribution in [2.24, 2.45) is 16.7 Å². The van der Waals surface area contributed by atoms with Crippen LogP contribution in [0.2, 0.25) is 0 Å². The maximum atomic E-state index is 13.2. The third kappa shape index (κ3) is 2.93. The molecule has 0 spiro atoms. The Morgan fingerprint density at radius 2 is 1.60 bits per heavy atom. The molecule has 0 radical (unpaired) electrons. The Morgan fingerprint density at radius 1 is 1.00 bits per heavy atom. The molecule has 6 nitrogen and oxygen atoms in total.